The molecule has 0 fully saturated rings. The molecule has 0 aliphatic rings. The number of rotatable bonds is 4. The van der Waals surface area contributed by atoms with Crippen LogP contribution in [0.2, 0.25) is 0 Å². The number of benzene rings is 1. The van der Waals surface area contributed by atoms with Crippen LogP contribution >= 0.6 is 0 Å². The van der Waals surface area contributed by atoms with Crippen LogP contribution < -0.4 is 10.6 Å². The van der Waals surface area contributed by atoms with Gasteiger partial charge in [-0.1, -0.05) is 25.0 Å². The number of amides is 2. The van der Waals surface area contributed by atoms with Crippen molar-refractivity contribution < 1.29 is 14.7 Å². The molecule has 0 aromatic heterocycles. The lowest BCUT2D eigenvalue weighted by molar-refractivity contribution is 0.0697. The second-order valence-corrected chi connectivity index (χ2v) is 4.03. The summed E-state index contributed by atoms with van der Waals surface area (Å²) >= 11 is 0. The van der Waals surface area contributed by atoms with E-state index in [9.17, 15) is 9.59 Å². The second-order valence-electron chi connectivity index (χ2n) is 4.03. The van der Waals surface area contributed by atoms with Gasteiger partial charge in [0, 0.05) is 0 Å². The van der Waals surface area contributed by atoms with Crippen LogP contribution in [-0.2, 0) is 0 Å². The molecule has 5 heteroatoms. The van der Waals surface area contributed by atoms with Gasteiger partial charge in [0.05, 0.1) is 17.3 Å². The molecule has 2 amide bonds. The van der Waals surface area contributed by atoms with Crippen molar-refractivity contribution in [1.82, 2.24) is 5.32 Å². The van der Waals surface area contributed by atoms with Crippen LogP contribution in [0.3, 0.4) is 0 Å². The Balaban J connectivity index is 2.89. The maximum absolute atomic E-state index is 11.7. The number of urea groups is 1. The number of nitrogens with one attached hydrogen (secondary N) is 2. The van der Waals surface area contributed by atoms with E-state index in [1.54, 1.807) is 19.1 Å². The molecule has 0 aliphatic heterocycles. The number of carbonyl (C=O) groups is 2. The Morgan fingerprint density at radius 2 is 2.16 bits per heavy atom. The standard InChI is InChI=1S/C14H16N2O3/c1-4-10(5-2)15-14(19)16-11-8-6-7-9(3)12(11)13(17)18/h1,6-8,10H,5H2,2-3H3,(H,17,18)(H2,15,16,19). The fourth-order valence-electron chi connectivity index (χ4n) is 1.63. The maximum atomic E-state index is 11.7. The SMILES string of the molecule is C#CC(CC)NC(=O)Nc1cccc(C)c1C(=O)O. The molecular formula is C14H16N2O3. The van der Waals surface area contributed by atoms with Crippen molar-refractivity contribution in [1.29, 1.82) is 0 Å². The van der Waals surface area contributed by atoms with Crippen molar-refractivity contribution in [3.8, 4) is 12.3 Å². The number of carboxylic acids is 1. The zero-order chi connectivity index (χ0) is 14.4. The maximum Gasteiger partial charge on any atom is 0.338 e. The molecule has 100 valence electrons. The third kappa shape index (κ3) is 3.75. The summed E-state index contributed by atoms with van der Waals surface area (Å²) in [6.45, 7) is 3.52. The molecule has 1 atom stereocenters. The van der Waals surface area contributed by atoms with E-state index in [0.29, 0.717) is 12.0 Å². The summed E-state index contributed by atoms with van der Waals surface area (Å²) in [7, 11) is 0. The van der Waals surface area contributed by atoms with Crippen molar-refractivity contribution in [3.63, 3.8) is 0 Å². The molecule has 1 aromatic carbocycles. The number of carbonyl (C=O) groups excluding carboxylic acids is 1. The minimum absolute atomic E-state index is 0.0754. The average molecular weight is 260 g/mol. The lowest BCUT2D eigenvalue weighted by Gasteiger charge is -2.14. The Labute approximate surface area is 112 Å². The Hall–Kier alpha value is -2.48. The van der Waals surface area contributed by atoms with E-state index in [-0.39, 0.29) is 17.3 Å². The van der Waals surface area contributed by atoms with Gasteiger partial charge in [0.15, 0.2) is 0 Å². The number of aromatic carboxylic acids is 1. The zero-order valence-electron chi connectivity index (χ0n) is 10.9. The third-order valence-corrected chi connectivity index (χ3v) is 2.65. The highest BCUT2D eigenvalue weighted by atomic mass is 16.4. The first-order valence-corrected chi connectivity index (χ1v) is 5.86. The van der Waals surface area contributed by atoms with E-state index in [4.69, 9.17) is 11.5 Å². The van der Waals surface area contributed by atoms with E-state index in [2.05, 4.69) is 16.6 Å². The number of terminal acetylenes is 1. The topological polar surface area (TPSA) is 78.4 Å². The van der Waals surface area contributed by atoms with Gasteiger partial charge in [-0.3, -0.25) is 0 Å². The predicted molar refractivity (Wildman–Crippen MR) is 73.2 cm³/mol. The molecule has 0 spiro atoms. The summed E-state index contributed by atoms with van der Waals surface area (Å²) in [5.74, 6) is 1.34. The van der Waals surface area contributed by atoms with Gasteiger partial charge in [-0.05, 0) is 25.0 Å². The third-order valence-electron chi connectivity index (χ3n) is 2.65. The highest BCUT2D eigenvalue weighted by Gasteiger charge is 2.15. The summed E-state index contributed by atoms with van der Waals surface area (Å²) in [6, 6.07) is 3.99. The van der Waals surface area contributed by atoms with Gasteiger partial charge in [-0.2, -0.15) is 0 Å². The molecule has 0 radical (unpaired) electrons. The Morgan fingerprint density at radius 1 is 1.47 bits per heavy atom. The van der Waals surface area contributed by atoms with Crippen LogP contribution in [0.4, 0.5) is 10.5 Å². The quantitative estimate of drug-likeness (QED) is 0.726. The Kier molecular flexibility index (Phi) is 4.95. The van der Waals surface area contributed by atoms with Crippen LogP contribution in [0.5, 0.6) is 0 Å². The first-order valence-electron chi connectivity index (χ1n) is 5.86. The highest BCUT2D eigenvalue weighted by Crippen LogP contribution is 2.19. The Bertz CT molecular complexity index is 532. The average Bonchev–Trinajstić information content (AvgIpc) is 2.35. The first-order chi connectivity index (χ1) is 8.99. The molecule has 0 saturated heterocycles. The molecule has 1 aromatic rings. The summed E-state index contributed by atoms with van der Waals surface area (Å²) in [4.78, 5) is 22.9. The van der Waals surface area contributed by atoms with E-state index in [0.717, 1.165) is 0 Å². The van der Waals surface area contributed by atoms with Gasteiger partial charge in [0.1, 0.15) is 0 Å². The summed E-state index contributed by atoms with van der Waals surface area (Å²) in [5.41, 5.74) is 0.901. The summed E-state index contributed by atoms with van der Waals surface area (Å²) < 4.78 is 0. The highest BCUT2D eigenvalue weighted by molar-refractivity contribution is 6.01. The fourth-order valence-corrected chi connectivity index (χ4v) is 1.63. The molecule has 1 rings (SSSR count). The molecule has 0 heterocycles. The minimum Gasteiger partial charge on any atom is -0.478 e. The Morgan fingerprint density at radius 3 is 2.68 bits per heavy atom. The number of aryl methyl sites for hydroxylation is 1. The second kappa shape index (κ2) is 6.45. The number of hydrogen-bond acceptors (Lipinski definition) is 2. The van der Waals surface area contributed by atoms with Gasteiger partial charge < -0.3 is 15.7 Å². The van der Waals surface area contributed by atoms with Crippen molar-refractivity contribution >= 4 is 17.7 Å². The molecule has 3 N–H and O–H groups in total. The predicted octanol–water partition coefficient (Wildman–Crippen LogP) is 2.23. The number of hydrogen-bond donors (Lipinski definition) is 3. The fraction of sp³-hybridized carbons (Fsp3) is 0.286. The summed E-state index contributed by atoms with van der Waals surface area (Å²) in [5, 5.41) is 14.2. The van der Waals surface area contributed by atoms with Crippen LogP contribution in [0, 0.1) is 19.3 Å². The summed E-state index contributed by atoms with van der Waals surface area (Å²) in [6.07, 6.45) is 5.84. The lowest BCUT2D eigenvalue weighted by atomic mass is 10.1. The monoisotopic (exact) mass is 260 g/mol. The molecular weight excluding hydrogens is 244 g/mol. The number of anilines is 1. The molecule has 0 saturated carbocycles. The minimum atomic E-state index is -1.09. The van der Waals surface area contributed by atoms with Crippen LogP contribution in [0.25, 0.3) is 0 Å². The first kappa shape index (κ1) is 14.6. The number of carboxylic acid groups (broad SMARTS) is 1. The van der Waals surface area contributed by atoms with Gasteiger partial charge in [0.2, 0.25) is 0 Å². The molecule has 0 bridgehead atoms. The molecule has 0 aliphatic carbocycles. The van der Waals surface area contributed by atoms with Crippen molar-refractivity contribution in [3.05, 3.63) is 29.3 Å². The van der Waals surface area contributed by atoms with Crippen molar-refractivity contribution in [2.45, 2.75) is 26.3 Å². The largest absolute Gasteiger partial charge is 0.478 e. The van der Waals surface area contributed by atoms with Gasteiger partial charge in [-0.15, -0.1) is 6.42 Å². The molecule has 1 unspecified atom stereocenters. The van der Waals surface area contributed by atoms with Crippen LogP contribution in [0.15, 0.2) is 18.2 Å². The van der Waals surface area contributed by atoms with E-state index < -0.39 is 12.0 Å². The van der Waals surface area contributed by atoms with E-state index in [1.165, 1.54) is 6.07 Å². The van der Waals surface area contributed by atoms with Crippen molar-refractivity contribution in [2.24, 2.45) is 0 Å². The molecule has 19 heavy (non-hydrogen) atoms. The van der Waals surface area contributed by atoms with Gasteiger partial charge in [0.25, 0.3) is 0 Å². The lowest BCUT2D eigenvalue weighted by Crippen LogP contribution is -2.37. The normalized spacial score (nSPS) is 11.2. The van der Waals surface area contributed by atoms with E-state index >= 15 is 0 Å². The van der Waals surface area contributed by atoms with Gasteiger partial charge in [-0.25, -0.2) is 9.59 Å². The van der Waals surface area contributed by atoms with Crippen molar-refractivity contribution in [2.75, 3.05) is 5.32 Å². The van der Waals surface area contributed by atoms with Crippen LogP contribution in [-0.4, -0.2) is 23.1 Å². The van der Waals surface area contributed by atoms with Crippen LogP contribution in [0.1, 0.15) is 29.3 Å². The van der Waals surface area contributed by atoms with E-state index in [1.807, 2.05) is 6.92 Å². The van der Waals surface area contributed by atoms with Gasteiger partial charge >= 0.3 is 12.0 Å². The zero-order valence-corrected chi connectivity index (χ0v) is 10.9. The smallest absolute Gasteiger partial charge is 0.338 e. The molecule has 5 nitrogen and oxygen atoms in total.